The molecular weight excluding hydrogens is 1670 g/mol. The van der Waals surface area contributed by atoms with Gasteiger partial charge in [0.25, 0.3) is 0 Å². The van der Waals surface area contributed by atoms with Crippen LogP contribution >= 0.6 is 69.0 Å². The third-order valence-electron chi connectivity index (χ3n) is 16.8. The Labute approximate surface area is 680 Å². The van der Waals surface area contributed by atoms with Crippen LogP contribution < -0.4 is 35.7 Å². The number of aromatic nitrogens is 28. The standard InChI is InChI=1S/C20H21ClN8O3.C17H16ClN7O.C15H11ClIN7O.C15H13ClN8O.C4H7NO/c1-20(2,3)32-19(30)24-17-13-9-22-14(21)10-29(13)18(23-17)12-8-6-7-11(15(12)31-5)16-25-27-28(4)26-16;1-4-12-13-8-19-14(18)9-25(13)17(20-12)11-7-5-6-10(15(11)26-3)16-21-23-24(2)22-16;2*1-23-21-14(20-22-23)8-4-3-5-9(12(8)25-2)15-19-13(17)10-6-18-11(16)7-24(10)15;5-4(6)3-1-2-3/h6-10H,1-5H3,(H,24,30);5-9H,4H2,1-3H3;3-7H,1-2H3;3-7H,17H2,1-2H3;3H,1-2H2,(H2,5,6). The van der Waals surface area contributed by atoms with Gasteiger partial charge in [-0.1, -0.05) is 77.6 Å². The molecule has 16 aromatic rings. The number of nitrogens with two attached hydrogens (primary N) is 2. The molecule has 1 saturated carbocycles. The number of para-hydroxylation sites is 4. The van der Waals surface area contributed by atoms with Crippen molar-refractivity contribution in [2.24, 2.45) is 39.8 Å². The number of aryl methyl sites for hydroxylation is 5. The topological polar surface area (TPSA) is 440 Å². The Bertz CT molecular complexity index is 6080. The second-order valence-corrected chi connectivity index (χ2v) is 28.3. The number of nitrogen functional groups attached to an aromatic ring is 1. The molecule has 17 rings (SSSR count). The lowest BCUT2D eigenvalue weighted by atomic mass is 10.1. The van der Waals surface area contributed by atoms with E-state index in [1.54, 1.807) is 130 Å². The average molecular weight is 1740 g/mol. The predicted octanol–water partition coefficient (Wildman–Crippen LogP) is 11.0. The van der Waals surface area contributed by atoms with E-state index in [1.807, 2.05) is 81.6 Å². The van der Waals surface area contributed by atoms with Crippen LogP contribution in [0.3, 0.4) is 0 Å². The Morgan fingerprint density at radius 3 is 1.15 bits per heavy atom. The summed E-state index contributed by atoms with van der Waals surface area (Å²) < 4.78 is 36.2. The first-order chi connectivity index (χ1) is 54.7. The van der Waals surface area contributed by atoms with Gasteiger partial charge in [0, 0.05) is 30.7 Å². The summed E-state index contributed by atoms with van der Waals surface area (Å²) in [7, 11) is 13.2. The molecule has 0 saturated heterocycles. The first-order valence-electron chi connectivity index (χ1n) is 34.3. The molecule has 38 nitrogen and oxygen atoms in total. The monoisotopic (exact) mass is 1730 g/mol. The van der Waals surface area contributed by atoms with Crippen LogP contribution in [0.5, 0.6) is 23.0 Å². The Hall–Kier alpha value is -12.7. The number of benzene rings is 4. The number of tetrazole rings is 4. The molecule has 2 amide bonds. The van der Waals surface area contributed by atoms with Crippen LogP contribution in [0.4, 0.5) is 16.4 Å². The van der Waals surface area contributed by atoms with Crippen LogP contribution in [-0.2, 0) is 44.1 Å². The maximum Gasteiger partial charge on any atom is 0.413 e. The summed E-state index contributed by atoms with van der Waals surface area (Å²) in [4.78, 5) is 62.9. The lowest BCUT2D eigenvalue weighted by Gasteiger charge is -2.19. The van der Waals surface area contributed by atoms with E-state index in [9.17, 15) is 9.59 Å². The molecular formula is C71H68Cl4IN31O7. The van der Waals surface area contributed by atoms with Crippen molar-refractivity contribution < 1.29 is 33.3 Å². The predicted molar refractivity (Wildman–Crippen MR) is 429 cm³/mol. The summed E-state index contributed by atoms with van der Waals surface area (Å²) >= 11 is 26.5. The highest BCUT2D eigenvalue weighted by Crippen LogP contribution is 2.43. The molecule has 12 heterocycles. The molecule has 0 unspecified atom stereocenters. The number of anilines is 2. The summed E-state index contributed by atoms with van der Waals surface area (Å²) in [6.07, 6.45) is 15.5. The van der Waals surface area contributed by atoms with E-state index in [0.29, 0.717) is 113 Å². The summed E-state index contributed by atoms with van der Waals surface area (Å²) in [5.74, 6) is 7.34. The van der Waals surface area contributed by atoms with E-state index >= 15 is 0 Å². The van der Waals surface area contributed by atoms with E-state index in [2.05, 4.69) is 131 Å². The van der Waals surface area contributed by atoms with E-state index in [-0.39, 0.29) is 22.8 Å². The van der Waals surface area contributed by atoms with Gasteiger partial charge in [0.2, 0.25) is 29.2 Å². The number of nitrogens with one attached hydrogen (secondary N) is 1. The zero-order chi connectivity index (χ0) is 81.0. The van der Waals surface area contributed by atoms with Gasteiger partial charge in [-0.25, -0.2) is 44.7 Å². The second-order valence-electron chi connectivity index (χ2n) is 25.7. The number of fused-ring (bicyclic) bond motifs is 4. The Kier molecular flexibility index (Phi) is 23.4. The van der Waals surface area contributed by atoms with Crippen LogP contribution in [0.15, 0.2) is 122 Å². The Morgan fingerprint density at radius 1 is 0.482 bits per heavy atom. The van der Waals surface area contributed by atoms with Crippen molar-refractivity contribution in [1.29, 1.82) is 0 Å². The van der Waals surface area contributed by atoms with Crippen LogP contribution in [0, 0.1) is 9.62 Å². The lowest BCUT2D eigenvalue weighted by molar-refractivity contribution is -0.119. The number of methoxy groups -OCH3 is 4. The third-order valence-corrected chi connectivity index (χ3v) is 18.4. The van der Waals surface area contributed by atoms with Gasteiger partial charge in [-0.3, -0.25) is 27.7 Å². The first-order valence-corrected chi connectivity index (χ1v) is 36.8. The van der Waals surface area contributed by atoms with Gasteiger partial charge in [0.15, 0.2) is 23.3 Å². The van der Waals surface area contributed by atoms with Crippen molar-refractivity contribution in [1.82, 2.24) is 138 Å². The number of nitrogens with zero attached hydrogens (tertiary/aromatic N) is 28. The lowest BCUT2D eigenvalue weighted by Crippen LogP contribution is -2.27. The summed E-state index contributed by atoms with van der Waals surface area (Å²) in [6, 6.07) is 22.5. The van der Waals surface area contributed by atoms with Crippen LogP contribution in [-0.4, -0.2) is 184 Å². The highest BCUT2D eigenvalue weighted by molar-refractivity contribution is 14.1. The number of carbonyl (C=O) groups is 2. The maximum atomic E-state index is 12.4. The fourth-order valence-electron chi connectivity index (χ4n) is 11.8. The zero-order valence-electron chi connectivity index (χ0n) is 62.7. The summed E-state index contributed by atoms with van der Waals surface area (Å²) in [6.45, 7) is 7.39. The largest absolute Gasteiger partial charge is 0.495 e. The number of amides is 2. The van der Waals surface area contributed by atoms with Crippen molar-refractivity contribution in [2.45, 2.75) is 52.6 Å². The third kappa shape index (κ3) is 17.0. The minimum Gasteiger partial charge on any atom is -0.495 e. The van der Waals surface area contributed by atoms with Gasteiger partial charge in [-0.15, -0.1) is 40.8 Å². The van der Waals surface area contributed by atoms with Crippen LogP contribution in [0.25, 0.3) is 113 Å². The number of halogens is 5. The van der Waals surface area contributed by atoms with Crippen molar-refractivity contribution in [3.8, 4) is 114 Å². The molecule has 584 valence electrons. The van der Waals surface area contributed by atoms with Gasteiger partial charge in [-0.2, -0.15) is 19.2 Å². The number of hydrogen-bond acceptors (Lipinski definition) is 28. The quantitative estimate of drug-likeness (QED) is 0.0802. The second kappa shape index (κ2) is 33.7. The first kappa shape index (κ1) is 79.4. The number of rotatable bonds is 15. The summed E-state index contributed by atoms with van der Waals surface area (Å²) in [5.41, 5.74) is 19.9. The van der Waals surface area contributed by atoms with Crippen LogP contribution in [0.1, 0.15) is 46.2 Å². The molecule has 0 spiro atoms. The molecule has 4 aromatic carbocycles. The van der Waals surface area contributed by atoms with Crippen molar-refractivity contribution in [2.75, 3.05) is 39.5 Å². The van der Waals surface area contributed by atoms with Gasteiger partial charge < -0.3 is 35.2 Å². The molecule has 43 heteroatoms. The fourth-order valence-corrected chi connectivity index (χ4v) is 13.0. The highest BCUT2D eigenvalue weighted by atomic mass is 127. The average Bonchev–Trinajstić information content (AvgIpc) is 1.61. The molecule has 5 N–H and O–H groups in total. The smallest absolute Gasteiger partial charge is 0.413 e. The Morgan fingerprint density at radius 2 is 0.807 bits per heavy atom. The number of carbonyl (C=O) groups excluding carboxylic acids is 2. The van der Waals surface area contributed by atoms with E-state index in [1.165, 1.54) is 25.4 Å². The minimum atomic E-state index is -0.661. The van der Waals surface area contributed by atoms with Gasteiger partial charge in [0.05, 0.1) is 143 Å². The van der Waals surface area contributed by atoms with Gasteiger partial charge in [-0.05, 0) is 132 Å². The van der Waals surface area contributed by atoms with E-state index in [0.717, 1.165) is 73.3 Å². The van der Waals surface area contributed by atoms with Crippen LogP contribution in [0.2, 0.25) is 20.6 Å². The normalized spacial score (nSPS) is 11.8. The molecule has 114 heavy (non-hydrogen) atoms. The molecule has 1 aliphatic carbocycles. The number of hydrogen-bond donors (Lipinski definition) is 3. The van der Waals surface area contributed by atoms with Crippen molar-refractivity contribution >= 4 is 115 Å². The van der Waals surface area contributed by atoms with Crippen molar-refractivity contribution in [3.63, 3.8) is 0 Å². The molecule has 0 bridgehead atoms. The van der Waals surface area contributed by atoms with Gasteiger partial charge in [0.1, 0.15) is 75.6 Å². The zero-order valence-corrected chi connectivity index (χ0v) is 67.9. The maximum absolute atomic E-state index is 12.4. The molecule has 0 radical (unpaired) electrons. The molecule has 0 atom stereocenters. The van der Waals surface area contributed by atoms with E-state index < -0.39 is 11.7 Å². The molecule has 1 fully saturated rings. The summed E-state index contributed by atoms with van der Waals surface area (Å²) in [5, 5.41) is 52.9. The molecule has 1 aliphatic rings. The number of imidazole rings is 4. The Balaban J connectivity index is 0.000000130. The SMILES string of the molecule is CCc1nc(-c2cccc(-c3nnn(C)n3)c2OC)n2cc(Cl)ncc12.COc1c(-c2nnn(C)n2)cccc1-c1nc(I)c2cnc(Cl)cn12.COc1c(-c2nnn(C)n2)cccc1-c1nc(N)c2cnc(Cl)cn12.COc1c(-c2nnn(C)n2)cccc1-c1nc(NC(=O)OC(C)(C)C)c2cnc(Cl)cn12.NC(=O)C1CC1. The highest BCUT2D eigenvalue weighted by Gasteiger charge is 2.29. The van der Waals surface area contributed by atoms with E-state index in [4.69, 9.17) is 86.5 Å². The number of primary amides is 1. The number of ether oxygens (including phenoxy) is 5. The van der Waals surface area contributed by atoms with Crippen molar-refractivity contribution in [3.05, 3.63) is 152 Å². The van der Waals surface area contributed by atoms with Gasteiger partial charge >= 0.3 is 6.09 Å². The minimum absolute atomic E-state index is 0.130. The molecule has 0 aliphatic heterocycles. The fraction of sp³-hybridized carbons (Fsp3) is 0.239. The molecule has 12 aromatic heterocycles.